The van der Waals surface area contributed by atoms with Crippen LogP contribution in [0, 0.1) is 0 Å². The fourth-order valence-corrected chi connectivity index (χ4v) is 0.536. The van der Waals surface area contributed by atoms with Crippen LogP contribution in [0.3, 0.4) is 0 Å². The number of hydrogen-bond acceptors (Lipinski definition) is 2. The van der Waals surface area contributed by atoms with Gasteiger partial charge in [0, 0.05) is 6.54 Å². The van der Waals surface area contributed by atoms with Gasteiger partial charge in [-0.1, -0.05) is 0 Å². The monoisotopic (exact) mass is 110 g/mol. The highest BCUT2D eigenvalue weighted by atomic mass is 15.3. The van der Waals surface area contributed by atoms with Crippen molar-refractivity contribution < 1.29 is 0 Å². The Bertz CT molecular complexity index is 126. The third kappa shape index (κ3) is 1.07. The van der Waals surface area contributed by atoms with E-state index in [1.54, 1.807) is 6.20 Å². The SMILES string of the molecule is CNCC1=N[N]C=C1. The summed E-state index contributed by atoms with van der Waals surface area (Å²) < 4.78 is 0. The van der Waals surface area contributed by atoms with Gasteiger partial charge in [0.15, 0.2) is 0 Å². The van der Waals surface area contributed by atoms with Crippen LogP contribution in [0.2, 0.25) is 0 Å². The van der Waals surface area contributed by atoms with Gasteiger partial charge in [-0.05, 0) is 13.1 Å². The Kier molecular flexibility index (Phi) is 1.64. The molecule has 0 unspecified atom stereocenters. The van der Waals surface area contributed by atoms with Crippen LogP contribution < -0.4 is 10.7 Å². The van der Waals surface area contributed by atoms with Crippen molar-refractivity contribution in [3.8, 4) is 0 Å². The van der Waals surface area contributed by atoms with Gasteiger partial charge in [-0.15, -0.1) is 0 Å². The van der Waals surface area contributed by atoms with Crippen molar-refractivity contribution in [3.05, 3.63) is 12.3 Å². The lowest BCUT2D eigenvalue weighted by molar-refractivity contribution is 0.921. The van der Waals surface area contributed by atoms with Crippen LogP contribution in [0.4, 0.5) is 0 Å². The Morgan fingerprint density at radius 3 is 3.12 bits per heavy atom. The standard InChI is InChI=1S/C5H8N3/c1-6-4-5-2-3-7-8-5/h2-3,6H,4H2,1H3. The van der Waals surface area contributed by atoms with E-state index in [-0.39, 0.29) is 0 Å². The van der Waals surface area contributed by atoms with Crippen molar-refractivity contribution in [2.24, 2.45) is 5.10 Å². The average Bonchev–Trinajstić information content (AvgIpc) is 2.19. The van der Waals surface area contributed by atoms with Gasteiger partial charge in [0.2, 0.25) is 0 Å². The first-order valence-corrected chi connectivity index (χ1v) is 2.51. The third-order valence-electron chi connectivity index (χ3n) is 0.878. The number of nitrogens with zero attached hydrogens (tertiary/aromatic N) is 2. The predicted octanol–water partition coefficient (Wildman–Crippen LogP) is -0.306. The number of nitrogens with one attached hydrogen (secondary N) is 1. The minimum Gasteiger partial charge on any atom is -0.314 e. The lowest BCUT2D eigenvalue weighted by atomic mass is 10.4. The fraction of sp³-hybridized carbons (Fsp3) is 0.400. The van der Waals surface area contributed by atoms with Gasteiger partial charge in [0.05, 0.1) is 11.9 Å². The zero-order valence-corrected chi connectivity index (χ0v) is 4.76. The van der Waals surface area contributed by atoms with E-state index >= 15 is 0 Å². The predicted molar refractivity (Wildman–Crippen MR) is 32.6 cm³/mol. The van der Waals surface area contributed by atoms with E-state index in [4.69, 9.17) is 0 Å². The summed E-state index contributed by atoms with van der Waals surface area (Å²) in [5.74, 6) is 0. The van der Waals surface area contributed by atoms with Crippen LogP contribution >= 0.6 is 0 Å². The summed E-state index contributed by atoms with van der Waals surface area (Å²) in [6.45, 7) is 0.806. The van der Waals surface area contributed by atoms with Gasteiger partial charge in [-0.3, -0.25) is 0 Å². The lowest BCUT2D eigenvalue weighted by Gasteiger charge is -1.90. The van der Waals surface area contributed by atoms with E-state index in [2.05, 4.69) is 15.8 Å². The first-order valence-electron chi connectivity index (χ1n) is 2.51. The molecule has 1 radical (unpaired) electrons. The van der Waals surface area contributed by atoms with E-state index in [1.807, 2.05) is 13.1 Å². The van der Waals surface area contributed by atoms with E-state index in [1.165, 1.54) is 0 Å². The quantitative estimate of drug-likeness (QED) is 0.520. The second kappa shape index (κ2) is 2.47. The van der Waals surface area contributed by atoms with Gasteiger partial charge in [-0.2, -0.15) is 10.5 Å². The van der Waals surface area contributed by atoms with Crippen molar-refractivity contribution in [1.82, 2.24) is 10.7 Å². The van der Waals surface area contributed by atoms with Crippen molar-refractivity contribution >= 4 is 5.71 Å². The minimum absolute atomic E-state index is 0.806. The third-order valence-corrected chi connectivity index (χ3v) is 0.878. The molecule has 0 aromatic heterocycles. The average molecular weight is 110 g/mol. The zero-order chi connectivity index (χ0) is 5.82. The van der Waals surface area contributed by atoms with Gasteiger partial charge in [-0.25, -0.2) is 0 Å². The molecule has 1 aliphatic heterocycles. The molecule has 0 saturated heterocycles. The molecule has 1 heterocycles. The Balaban J connectivity index is 2.34. The molecule has 0 bridgehead atoms. The van der Waals surface area contributed by atoms with E-state index in [0.29, 0.717) is 0 Å². The molecule has 0 spiro atoms. The number of rotatable bonds is 2. The van der Waals surface area contributed by atoms with E-state index < -0.39 is 0 Å². The van der Waals surface area contributed by atoms with Crippen molar-refractivity contribution in [1.29, 1.82) is 0 Å². The van der Waals surface area contributed by atoms with Crippen LogP contribution in [0.25, 0.3) is 0 Å². The lowest BCUT2D eigenvalue weighted by Crippen LogP contribution is -2.15. The second-order valence-corrected chi connectivity index (χ2v) is 1.55. The largest absolute Gasteiger partial charge is 0.314 e. The van der Waals surface area contributed by atoms with E-state index in [0.717, 1.165) is 12.3 Å². The van der Waals surface area contributed by atoms with Crippen LogP contribution in [0.15, 0.2) is 17.4 Å². The molecular weight excluding hydrogens is 102 g/mol. The summed E-state index contributed by atoms with van der Waals surface area (Å²) in [5, 5.41) is 6.76. The Hall–Kier alpha value is -0.830. The highest BCUT2D eigenvalue weighted by molar-refractivity contribution is 5.97. The molecule has 3 heteroatoms. The summed E-state index contributed by atoms with van der Waals surface area (Å²) in [6.07, 6.45) is 3.57. The minimum atomic E-state index is 0.806. The highest BCUT2D eigenvalue weighted by Crippen LogP contribution is 1.86. The van der Waals surface area contributed by atoms with Crippen molar-refractivity contribution in [2.45, 2.75) is 0 Å². The first-order chi connectivity index (χ1) is 3.93. The maximum atomic E-state index is 3.79. The maximum absolute atomic E-state index is 3.79. The topological polar surface area (TPSA) is 38.5 Å². The summed E-state index contributed by atoms with van der Waals surface area (Å²) in [7, 11) is 1.88. The molecule has 0 amide bonds. The number of hydrogen-bond donors (Lipinski definition) is 1. The second-order valence-electron chi connectivity index (χ2n) is 1.55. The highest BCUT2D eigenvalue weighted by Gasteiger charge is 1.95. The van der Waals surface area contributed by atoms with Gasteiger partial charge >= 0.3 is 0 Å². The Morgan fingerprint density at radius 2 is 2.62 bits per heavy atom. The summed E-state index contributed by atoms with van der Waals surface area (Å²) >= 11 is 0. The molecule has 1 aliphatic rings. The molecule has 1 N–H and O–H groups in total. The fourth-order valence-electron chi connectivity index (χ4n) is 0.536. The molecule has 0 aromatic carbocycles. The van der Waals surface area contributed by atoms with Gasteiger partial charge in [0.1, 0.15) is 0 Å². The smallest absolute Gasteiger partial charge is 0.0784 e. The summed E-state index contributed by atoms with van der Waals surface area (Å²) in [5.41, 5.74) is 4.64. The summed E-state index contributed by atoms with van der Waals surface area (Å²) in [4.78, 5) is 0. The maximum Gasteiger partial charge on any atom is 0.0784 e. The van der Waals surface area contributed by atoms with Gasteiger partial charge < -0.3 is 5.32 Å². The molecular formula is C5H8N3. The van der Waals surface area contributed by atoms with E-state index in [9.17, 15) is 0 Å². The van der Waals surface area contributed by atoms with Crippen LogP contribution in [-0.2, 0) is 0 Å². The van der Waals surface area contributed by atoms with Crippen molar-refractivity contribution in [2.75, 3.05) is 13.6 Å². The molecule has 8 heavy (non-hydrogen) atoms. The molecule has 0 fully saturated rings. The Morgan fingerprint density at radius 1 is 1.75 bits per heavy atom. The molecule has 3 nitrogen and oxygen atoms in total. The molecule has 1 rings (SSSR count). The Labute approximate surface area is 48.5 Å². The normalized spacial score (nSPS) is 15.9. The van der Waals surface area contributed by atoms with Crippen LogP contribution in [0.1, 0.15) is 0 Å². The molecule has 0 aliphatic carbocycles. The first kappa shape index (κ1) is 5.31. The molecule has 0 atom stereocenters. The van der Waals surface area contributed by atoms with Crippen molar-refractivity contribution in [3.63, 3.8) is 0 Å². The van der Waals surface area contributed by atoms with Gasteiger partial charge in [0.25, 0.3) is 0 Å². The van der Waals surface area contributed by atoms with Crippen LogP contribution in [-0.4, -0.2) is 19.3 Å². The molecule has 43 valence electrons. The zero-order valence-electron chi connectivity index (χ0n) is 4.76. The molecule has 0 saturated carbocycles. The summed E-state index contributed by atoms with van der Waals surface area (Å²) in [6, 6.07) is 0. The molecule has 0 aromatic rings. The van der Waals surface area contributed by atoms with Crippen LogP contribution in [0.5, 0.6) is 0 Å².